The molecule has 0 bridgehead atoms. The van der Waals surface area contributed by atoms with Crippen LogP contribution in [0.3, 0.4) is 0 Å². The quantitative estimate of drug-likeness (QED) is 0.847. The molecule has 0 atom stereocenters. The van der Waals surface area contributed by atoms with E-state index in [2.05, 4.69) is 17.4 Å². The Morgan fingerprint density at radius 3 is 2.44 bits per heavy atom. The zero-order valence-corrected chi connectivity index (χ0v) is 10.5. The highest BCUT2D eigenvalue weighted by Crippen LogP contribution is 2.16. The Hall–Kier alpha value is -2.00. The number of methoxy groups -OCH3 is 1. The number of nitrogens with two attached hydrogens (primary N) is 1. The number of para-hydroxylation sites is 1. The van der Waals surface area contributed by atoms with E-state index in [1.54, 1.807) is 7.11 Å². The lowest BCUT2D eigenvalue weighted by Crippen LogP contribution is -2.05. The molecule has 0 amide bonds. The fourth-order valence-electron chi connectivity index (χ4n) is 1.81. The third-order valence-corrected chi connectivity index (χ3v) is 2.88. The second-order valence-electron chi connectivity index (χ2n) is 4.06. The maximum atomic E-state index is 5.70. The van der Waals surface area contributed by atoms with Crippen LogP contribution in [0.25, 0.3) is 0 Å². The molecule has 0 fully saturated rings. The lowest BCUT2D eigenvalue weighted by atomic mass is 10.1. The summed E-state index contributed by atoms with van der Waals surface area (Å²) >= 11 is 0. The standard InChI is InChI=1S/C15H18N2O/c1-18-14-8-6-12(7-9-14)11-17-15-5-3-2-4-13(15)10-16/h2-9,17H,10-11,16H2,1H3. The SMILES string of the molecule is COc1ccc(CNc2ccccc2CN)cc1. The Morgan fingerprint density at radius 1 is 1.06 bits per heavy atom. The zero-order chi connectivity index (χ0) is 12.8. The van der Waals surface area contributed by atoms with Crippen molar-refractivity contribution in [3.05, 3.63) is 59.7 Å². The molecule has 0 aromatic heterocycles. The molecule has 0 aliphatic heterocycles. The molecule has 0 saturated heterocycles. The summed E-state index contributed by atoms with van der Waals surface area (Å²) in [5.41, 5.74) is 9.14. The van der Waals surface area contributed by atoms with Crippen LogP contribution in [-0.2, 0) is 13.1 Å². The molecule has 3 N–H and O–H groups in total. The third kappa shape index (κ3) is 3.02. The summed E-state index contributed by atoms with van der Waals surface area (Å²) in [6, 6.07) is 16.1. The maximum Gasteiger partial charge on any atom is 0.118 e. The molecule has 0 unspecified atom stereocenters. The molecule has 2 aromatic rings. The topological polar surface area (TPSA) is 47.3 Å². The van der Waals surface area contributed by atoms with Gasteiger partial charge in [-0.3, -0.25) is 0 Å². The van der Waals surface area contributed by atoms with Gasteiger partial charge in [0.1, 0.15) is 5.75 Å². The summed E-state index contributed by atoms with van der Waals surface area (Å²) < 4.78 is 5.13. The molecule has 0 radical (unpaired) electrons. The Bertz CT molecular complexity index is 494. The van der Waals surface area contributed by atoms with E-state index in [4.69, 9.17) is 10.5 Å². The second-order valence-corrected chi connectivity index (χ2v) is 4.06. The lowest BCUT2D eigenvalue weighted by Gasteiger charge is -2.11. The van der Waals surface area contributed by atoms with Crippen LogP contribution in [-0.4, -0.2) is 7.11 Å². The van der Waals surface area contributed by atoms with Gasteiger partial charge in [-0.1, -0.05) is 30.3 Å². The molecule has 0 spiro atoms. The lowest BCUT2D eigenvalue weighted by molar-refractivity contribution is 0.414. The highest BCUT2D eigenvalue weighted by molar-refractivity contribution is 5.51. The largest absolute Gasteiger partial charge is 0.497 e. The molecular formula is C15H18N2O. The first kappa shape index (κ1) is 12.5. The monoisotopic (exact) mass is 242 g/mol. The molecular weight excluding hydrogens is 224 g/mol. The first-order valence-corrected chi connectivity index (χ1v) is 5.98. The Morgan fingerprint density at radius 2 is 1.78 bits per heavy atom. The van der Waals surface area contributed by atoms with Gasteiger partial charge in [0.15, 0.2) is 0 Å². The molecule has 94 valence electrons. The number of anilines is 1. The molecule has 2 rings (SSSR count). The second kappa shape index (κ2) is 6.07. The Balaban J connectivity index is 2.02. The minimum Gasteiger partial charge on any atom is -0.497 e. The van der Waals surface area contributed by atoms with E-state index in [0.29, 0.717) is 6.54 Å². The van der Waals surface area contributed by atoms with E-state index in [1.807, 2.05) is 36.4 Å². The van der Waals surface area contributed by atoms with E-state index < -0.39 is 0 Å². The number of hydrogen-bond acceptors (Lipinski definition) is 3. The number of ether oxygens (including phenoxy) is 1. The fourth-order valence-corrected chi connectivity index (χ4v) is 1.81. The van der Waals surface area contributed by atoms with Crippen LogP contribution in [0.1, 0.15) is 11.1 Å². The predicted octanol–water partition coefficient (Wildman–Crippen LogP) is 2.77. The van der Waals surface area contributed by atoms with Gasteiger partial charge in [-0.2, -0.15) is 0 Å². The number of nitrogens with one attached hydrogen (secondary N) is 1. The Kier molecular flexibility index (Phi) is 4.20. The van der Waals surface area contributed by atoms with Crippen molar-refractivity contribution >= 4 is 5.69 Å². The number of hydrogen-bond donors (Lipinski definition) is 2. The van der Waals surface area contributed by atoms with Crippen LogP contribution in [0.5, 0.6) is 5.75 Å². The minimum absolute atomic E-state index is 0.547. The van der Waals surface area contributed by atoms with Gasteiger partial charge in [-0.25, -0.2) is 0 Å². The first-order chi connectivity index (χ1) is 8.83. The van der Waals surface area contributed by atoms with Crippen molar-refractivity contribution in [3.63, 3.8) is 0 Å². The van der Waals surface area contributed by atoms with Gasteiger partial charge in [0.2, 0.25) is 0 Å². The smallest absolute Gasteiger partial charge is 0.118 e. The van der Waals surface area contributed by atoms with Crippen LogP contribution in [0.15, 0.2) is 48.5 Å². The zero-order valence-electron chi connectivity index (χ0n) is 10.5. The van der Waals surface area contributed by atoms with E-state index >= 15 is 0 Å². The van der Waals surface area contributed by atoms with Crippen LogP contribution < -0.4 is 15.8 Å². The summed E-state index contributed by atoms with van der Waals surface area (Å²) in [6.45, 7) is 1.33. The number of rotatable bonds is 5. The molecule has 18 heavy (non-hydrogen) atoms. The molecule has 3 heteroatoms. The molecule has 0 saturated carbocycles. The molecule has 2 aromatic carbocycles. The van der Waals surface area contributed by atoms with Crippen molar-refractivity contribution in [2.75, 3.05) is 12.4 Å². The first-order valence-electron chi connectivity index (χ1n) is 5.98. The molecule has 3 nitrogen and oxygen atoms in total. The van der Waals surface area contributed by atoms with Crippen molar-refractivity contribution in [1.29, 1.82) is 0 Å². The molecule has 0 heterocycles. The molecule has 0 aliphatic carbocycles. The summed E-state index contributed by atoms with van der Waals surface area (Å²) in [5.74, 6) is 0.876. The van der Waals surface area contributed by atoms with E-state index in [9.17, 15) is 0 Å². The van der Waals surface area contributed by atoms with Crippen LogP contribution in [0, 0.1) is 0 Å². The van der Waals surface area contributed by atoms with Crippen molar-refractivity contribution in [1.82, 2.24) is 0 Å². The van der Waals surface area contributed by atoms with Gasteiger partial charge in [-0.05, 0) is 29.3 Å². The average Bonchev–Trinajstić information content (AvgIpc) is 2.46. The van der Waals surface area contributed by atoms with Crippen LogP contribution >= 0.6 is 0 Å². The minimum atomic E-state index is 0.547. The Labute approximate surface area is 108 Å². The predicted molar refractivity (Wildman–Crippen MR) is 74.7 cm³/mol. The van der Waals surface area contributed by atoms with Crippen molar-refractivity contribution in [2.45, 2.75) is 13.1 Å². The van der Waals surface area contributed by atoms with E-state index in [1.165, 1.54) is 5.56 Å². The van der Waals surface area contributed by atoms with Crippen molar-refractivity contribution in [3.8, 4) is 5.75 Å². The van der Waals surface area contributed by atoms with Crippen molar-refractivity contribution < 1.29 is 4.74 Å². The average molecular weight is 242 g/mol. The fraction of sp³-hybridized carbons (Fsp3) is 0.200. The normalized spacial score (nSPS) is 10.1. The van der Waals surface area contributed by atoms with E-state index in [-0.39, 0.29) is 0 Å². The summed E-state index contributed by atoms with van der Waals surface area (Å²) in [6.07, 6.45) is 0. The van der Waals surface area contributed by atoms with Gasteiger partial charge < -0.3 is 15.8 Å². The molecule has 0 aliphatic rings. The third-order valence-electron chi connectivity index (χ3n) is 2.88. The highest BCUT2D eigenvalue weighted by atomic mass is 16.5. The van der Waals surface area contributed by atoms with Crippen molar-refractivity contribution in [2.24, 2.45) is 5.73 Å². The van der Waals surface area contributed by atoms with Gasteiger partial charge in [0.05, 0.1) is 7.11 Å². The van der Waals surface area contributed by atoms with Gasteiger partial charge in [-0.15, -0.1) is 0 Å². The maximum absolute atomic E-state index is 5.70. The van der Waals surface area contributed by atoms with Gasteiger partial charge in [0, 0.05) is 18.8 Å². The summed E-state index contributed by atoms with van der Waals surface area (Å²) in [7, 11) is 1.67. The summed E-state index contributed by atoms with van der Waals surface area (Å²) in [5, 5.41) is 3.40. The highest BCUT2D eigenvalue weighted by Gasteiger charge is 1.99. The summed E-state index contributed by atoms with van der Waals surface area (Å²) in [4.78, 5) is 0. The van der Waals surface area contributed by atoms with Gasteiger partial charge in [0.25, 0.3) is 0 Å². The van der Waals surface area contributed by atoms with Crippen LogP contribution in [0.2, 0.25) is 0 Å². The van der Waals surface area contributed by atoms with E-state index in [0.717, 1.165) is 23.5 Å². The van der Waals surface area contributed by atoms with Crippen LogP contribution in [0.4, 0.5) is 5.69 Å². The van der Waals surface area contributed by atoms with Gasteiger partial charge >= 0.3 is 0 Å². The number of benzene rings is 2.